The summed E-state index contributed by atoms with van der Waals surface area (Å²) in [6.07, 6.45) is 4.93. The summed E-state index contributed by atoms with van der Waals surface area (Å²) in [6, 6.07) is 3.84. The summed E-state index contributed by atoms with van der Waals surface area (Å²) in [6.45, 7) is 2.32. The van der Waals surface area contributed by atoms with Gasteiger partial charge in [0.2, 0.25) is 0 Å². The fourth-order valence-corrected chi connectivity index (χ4v) is 1.14. The molecule has 0 aromatic carbocycles. The predicted molar refractivity (Wildman–Crippen MR) is 52.9 cm³/mol. The maximum atomic E-state index is 10.8. The highest BCUT2D eigenvalue weighted by molar-refractivity contribution is 5.68. The Morgan fingerprint density at radius 1 is 1.50 bits per heavy atom. The Hall–Kier alpha value is -1.25. The molecule has 14 heavy (non-hydrogen) atoms. The molecule has 0 bridgehead atoms. The van der Waals surface area contributed by atoms with E-state index in [4.69, 9.17) is 9.15 Å². The fraction of sp³-hybridized carbons (Fsp3) is 0.545. The van der Waals surface area contributed by atoms with Crippen LogP contribution in [0.15, 0.2) is 22.8 Å². The molecule has 0 radical (unpaired) electrons. The highest BCUT2D eigenvalue weighted by Gasteiger charge is 1.98. The molecule has 1 rings (SSSR count). The van der Waals surface area contributed by atoms with E-state index in [9.17, 15) is 4.79 Å². The van der Waals surface area contributed by atoms with Gasteiger partial charge < -0.3 is 9.15 Å². The number of esters is 1. The molecule has 0 saturated heterocycles. The summed E-state index contributed by atoms with van der Waals surface area (Å²) in [5.41, 5.74) is 0. The third-order valence-electron chi connectivity index (χ3n) is 1.95. The molecule has 0 saturated carbocycles. The Labute approximate surface area is 84.1 Å². The maximum Gasteiger partial charge on any atom is 0.305 e. The second kappa shape index (κ2) is 6.24. The number of furan rings is 1. The number of rotatable bonds is 6. The molecule has 3 nitrogen and oxygen atoms in total. The lowest BCUT2D eigenvalue weighted by molar-refractivity contribution is -0.143. The quantitative estimate of drug-likeness (QED) is 0.518. The van der Waals surface area contributed by atoms with Gasteiger partial charge in [-0.2, -0.15) is 0 Å². The second-order valence-electron chi connectivity index (χ2n) is 3.11. The van der Waals surface area contributed by atoms with E-state index in [1.54, 1.807) is 13.2 Å². The molecule has 0 amide bonds. The summed E-state index contributed by atoms with van der Waals surface area (Å²) in [5.74, 6) is 0.870. The highest BCUT2D eigenvalue weighted by Crippen LogP contribution is 2.05. The lowest BCUT2D eigenvalue weighted by atomic mass is 10.2. The smallest absolute Gasteiger partial charge is 0.305 e. The predicted octanol–water partition coefficient (Wildman–Crippen LogP) is 2.56. The van der Waals surface area contributed by atoms with Gasteiger partial charge in [0.25, 0.3) is 0 Å². The van der Waals surface area contributed by atoms with Gasteiger partial charge in [-0.25, -0.2) is 0 Å². The van der Waals surface area contributed by atoms with Crippen LogP contribution < -0.4 is 0 Å². The molecule has 3 heteroatoms. The zero-order valence-corrected chi connectivity index (χ0v) is 8.49. The van der Waals surface area contributed by atoms with Gasteiger partial charge in [-0.3, -0.25) is 4.79 Å². The SMILES string of the molecule is CCC(=O)OCCCCc1ccco1. The Morgan fingerprint density at radius 3 is 3.00 bits per heavy atom. The van der Waals surface area contributed by atoms with Crippen LogP contribution in [0.3, 0.4) is 0 Å². The summed E-state index contributed by atoms with van der Waals surface area (Å²) < 4.78 is 10.1. The Kier molecular flexibility index (Phi) is 4.83. The molecule has 0 atom stereocenters. The molecule has 1 heterocycles. The average Bonchev–Trinajstić information content (AvgIpc) is 2.69. The molecular weight excluding hydrogens is 180 g/mol. The number of carbonyl (C=O) groups excluding carboxylic acids is 1. The maximum absolute atomic E-state index is 10.8. The van der Waals surface area contributed by atoms with Crippen LogP contribution in [0.4, 0.5) is 0 Å². The van der Waals surface area contributed by atoms with Crippen molar-refractivity contribution in [3.8, 4) is 0 Å². The van der Waals surface area contributed by atoms with Crippen LogP contribution in [0, 0.1) is 0 Å². The number of carbonyl (C=O) groups is 1. The molecule has 1 aromatic rings. The average molecular weight is 196 g/mol. The summed E-state index contributed by atoms with van der Waals surface area (Å²) in [5, 5.41) is 0. The van der Waals surface area contributed by atoms with Crippen LogP contribution in [0.25, 0.3) is 0 Å². The van der Waals surface area contributed by atoms with Crippen LogP contribution in [0.2, 0.25) is 0 Å². The lowest BCUT2D eigenvalue weighted by Gasteiger charge is -2.01. The third kappa shape index (κ3) is 4.12. The van der Waals surface area contributed by atoms with Crippen LogP contribution >= 0.6 is 0 Å². The standard InChI is InChI=1S/C11H16O3/c1-2-11(12)14-8-4-3-6-10-7-5-9-13-10/h5,7,9H,2-4,6,8H2,1H3. The van der Waals surface area contributed by atoms with Crippen molar-refractivity contribution < 1.29 is 13.9 Å². The third-order valence-corrected chi connectivity index (χ3v) is 1.95. The van der Waals surface area contributed by atoms with Gasteiger partial charge in [0, 0.05) is 12.8 Å². The molecule has 0 aliphatic carbocycles. The van der Waals surface area contributed by atoms with E-state index in [-0.39, 0.29) is 5.97 Å². The van der Waals surface area contributed by atoms with E-state index >= 15 is 0 Å². The van der Waals surface area contributed by atoms with Gasteiger partial charge >= 0.3 is 5.97 Å². The van der Waals surface area contributed by atoms with E-state index in [0.29, 0.717) is 13.0 Å². The van der Waals surface area contributed by atoms with Gasteiger partial charge in [-0.15, -0.1) is 0 Å². The monoisotopic (exact) mass is 196 g/mol. The van der Waals surface area contributed by atoms with Crippen molar-refractivity contribution in [2.75, 3.05) is 6.61 Å². The van der Waals surface area contributed by atoms with Crippen molar-refractivity contribution in [3.63, 3.8) is 0 Å². The van der Waals surface area contributed by atoms with Gasteiger partial charge in [-0.05, 0) is 25.0 Å². The summed E-state index contributed by atoms with van der Waals surface area (Å²) in [7, 11) is 0. The van der Waals surface area contributed by atoms with Crippen molar-refractivity contribution in [1.82, 2.24) is 0 Å². The fourth-order valence-electron chi connectivity index (χ4n) is 1.14. The normalized spacial score (nSPS) is 10.1. The van der Waals surface area contributed by atoms with E-state index in [1.807, 2.05) is 12.1 Å². The van der Waals surface area contributed by atoms with Crippen LogP contribution in [-0.4, -0.2) is 12.6 Å². The lowest BCUT2D eigenvalue weighted by Crippen LogP contribution is -2.03. The molecule has 0 aliphatic heterocycles. The zero-order valence-electron chi connectivity index (χ0n) is 8.49. The van der Waals surface area contributed by atoms with Gasteiger partial charge in [0.15, 0.2) is 0 Å². The molecule has 0 unspecified atom stereocenters. The van der Waals surface area contributed by atoms with E-state index in [0.717, 1.165) is 25.0 Å². The molecule has 78 valence electrons. The van der Waals surface area contributed by atoms with E-state index in [2.05, 4.69) is 0 Å². The minimum atomic E-state index is -0.122. The van der Waals surface area contributed by atoms with Crippen LogP contribution in [0.5, 0.6) is 0 Å². The molecular formula is C11H16O3. The Bertz CT molecular complexity index is 252. The molecule has 1 aromatic heterocycles. The molecule has 0 spiro atoms. The minimum absolute atomic E-state index is 0.122. The first kappa shape index (κ1) is 10.8. The van der Waals surface area contributed by atoms with E-state index in [1.165, 1.54) is 0 Å². The zero-order chi connectivity index (χ0) is 10.2. The Morgan fingerprint density at radius 2 is 2.36 bits per heavy atom. The molecule has 0 N–H and O–H groups in total. The van der Waals surface area contributed by atoms with Crippen molar-refractivity contribution in [1.29, 1.82) is 0 Å². The molecule has 0 fully saturated rings. The highest BCUT2D eigenvalue weighted by atomic mass is 16.5. The first-order valence-corrected chi connectivity index (χ1v) is 5.01. The van der Waals surface area contributed by atoms with Crippen molar-refractivity contribution in [2.45, 2.75) is 32.6 Å². The van der Waals surface area contributed by atoms with Crippen molar-refractivity contribution in [2.24, 2.45) is 0 Å². The van der Waals surface area contributed by atoms with Crippen molar-refractivity contribution in [3.05, 3.63) is 24.2 Å². The van der Waals surface area contributed by atoms with E-state index < -0.39 is 0 Å². The number of unbranched alkanes of at least 4 members (excludes halogenated alkanes) is 1. The van der Waals surface area contributed by atoms with Crippen LogP contribution in [0.1, 0.15) is 31.9 Å². The van der Waals surface area contributed by atoms with Gasteiger partial charge in [0.1, 0.15) is 5.76 Å². The number of aryl methyl sites for hydroxylation is 1. The minimum Gasteiger partial charge on any atom is -0.469 e. The van der Waals surface area contributed by atoms with Gasteiger partial charge in [0.05, 0.1) is 12.9 Å². The first-order valence-electron chi connectivity index (χ1n) is 5.01. The largest absolute Gasteiger partial charge is 0.469 e. The summed E-state index contributed by atoms with van der Waals surface area (Å²) >= 11 is 0. The number of hydrogen-bond acceptors (Lipinski definition) is 3. The second-order valence-corrected chi connectivity index (χ2v) is 3.11. The van der Waals surface area contributed by atoms with Crippen molar-refractivity contribution >= 4 is 5.97 Å². The topological polar surface area (TPSA) is 39.4 Å². The first-order chi connectivity index (χ1) is 6.83. The number of hydrogen-bond donors (Lipinski definition) is 0. The Balaban J connectivity index is 1.97. The van der Waals surface area contributed by atoms with Gasteiger partial charge in [-0.1, -0.05) is 6.92 Å². The van der Waals surface area contributed by atoms with Crippen LogP contribution in [-0.2, 0) is 16.0 Å². The summed E-state index contributed by atoms with van der Waals surface area (Å²) in [4.78, 5) is 10.8. The molecule has 0 aliphatic rings. The number of ether oxygens (including phenoxy) is 1.